The zero-order valence-electron chi connectivity index (χ0n) is 11.0. The van der Waals surface area contributed by atoms with Crippen molar-refractivity contribution in [2.45, 2.75) is 32.1 Å². The third-order valence-corrected chi connectivity index (χ3v) is 3.82. The van der Waals surface area contributed by atoms with Crippen molar-refractivity contribution in [3.05, 3.63) is 22.3 Å². The van der Waals surface area contributed by atoms with Gasteiger partial charge in [-0.15, -0.1) is 0 Å². The SMILES string of the molecule is CC(C)(C#N)c1c2c(c(C#N)c3c1OCC3)OCC2. The van der Waals surface area contributed by atoms with Crippen molar-refractivity contribution in [2.24, 2.45) is 0 Å². The van der Waals surface area contributed by atoms with Crippen LogP contribution < -0.4 is 9.47 Å². The van der Waals surface area contributed by atoms with Crippen LogP contribution in [0.4, 0.5) is 0 Å². The molecule has 2 aliphatic rings. The van der Waals surface area contributed by atoms with Gasteiger partial charge < -0.3 is 9.47 Å². The first-order valence-corrected chi connectivity index (χ1v) is 6.39. The Hall–Kier alpha value is -2.20. The number of nitriles is 2. The van der Waals surface area contributed by atoms with Crippen LogP contribution in [0.25, 0.3) is 0 Å². The summed E-state index contributed by atoms with van der Waals surface area (Å²) in [5.74, 6) is 1.41. The van der Waals surface area contributed by atoms with Gasteiger partial charge in [-0.1, -0.05) is 0 Å². The Bertz CT molecular complexity index is 613. The second-order valence-electron chi connectivity index (χ2n) is 5.41. The zero-order chi connectivity index (χ0) is 13.6. The Kier molecular flexibility index (Phi) is 2.43. The number of nitrogens with zero attached hydrogens (tertiary/aromatic N) is 2. The van der Waals surface area contributed by atoms with Gasteiger partial charge in [0, 0.05) is 29.5 Å². The molecule has 96 valence electrons. The average molecular weight is 254 g/mol. The van der Waals surface area contributed by atoms with Crippen molar-refractivity contribution in [3.63, 3.8) is 0 Å². The summed E-state index contributed by atoms with van der Waals surface area (Å²) in [6.45, 7) is 4.91. The molecule has 1 aromatic rings. The topological polar surface area (TPSA) is 66.0 Å². The van der Waals surface area contributed by atoms with E-state index in [0.29, 0.717) is 30.9 Å². The van der Waals surface area contributed by atoms with Gasteiger partial charge in [0.15, 0.2) is 0 Å². The molecule has 0 radical (unpaired) electrons. The molecule has 0 N–H and O–H groups in total. The molecule has 2 aliphatic heterocycles. The second-order valence-corrected chi connectivity index (χ2v) is 5.41. The number of rotatable bonds is 1. The molecule has 0 unspecified atom stereocenters. The highest BCUT2D eigenvalue weighted by atomic mass is 16.5. The van der Waals surface area contributed by atoms with Crippen molar-refractivity contribution in [3.8, 4) is 23.6 Å². The van der Waals surface area contributed by atoms with Crippen LogP contribution in [0, 0.1) is 22.7 Å². The van der Waals surface area contributed by atoms with Gasteiger partial charge in [0.1, 0.15) is 23.1 Å². The van der Waals surface area contributed by atoms with Crippen LogP contribution in [0.3, 0.4) is 0 Å². The van der Waals surface area contributed by atoms with Crippen molar-refractivity contribution in [1.82, 2.24) is 0 Å². The minimum absolute atomic E-state index is 0.571. The largest absolute Gasteiger partial charge is 0.493 e. The van der Waals surface area contributed by atoms with E-state index in [1.807, 2.05) is 13.8 Å². The maximum atomic E-state index is 9.43. The summed E-state index contributed by atoms with van der Waals surface area (Å²) in [4.78, 5) is 0. The zero-order valence-corrected chi connectivity index (χ0v) is 11.0. The predicted octanol–water partition coefficient (Wildman–Crippen LogP) is 2.23. The van der Waals surface area contributed by atoms with Crippen molar-refractivity contribution in [2.75, 3.05) is 13.2 Å². The molecular formula is C15H14N2O2. The normalized spacial score (nSPS) is 15.8. The Morgan fingerprint density at radius 1 is 1.00 bits per heavy atom. The summed E-state index contributed by atoms with van der Waals surface area (Å²) >= 11 is 0. The third kappa shape index (κ3) is 1.50. The van der Waals surface area contributed by atoms with E-state index in [4.69, 9.17) is 9.47 Å². The van der Waals surface area contributed by atoms with Gasteiger partial charge in [0.2, 0.25) is 0 Å². The molecule has 1 aromatic carbocycles. The minimum atomic E-state index is -0.639. The van der Waals surface area contributed by atoms with E-state index in [2.05, 4.69) is 12.1 Å². The summed E-state index contributed by atoms with van der Waals surface area (Å²) in [6, 6.07) is 4.57. The van der Waals surface area contributed by atoms with Crippen LogP contribution in [-0.4, -0.2) is 13.2 Å². The Labute approximate surface area is 112 Å². The minimum Gasteiger partial charge on any atom is -0.493 e. The smallest absolute Gasteiger partial charge is 0.141 e. The van der Waals surface area contributed by atoms with Crippen LogP contribution in [0.2, 0.25) is 0 Å². The lowest BCUT2D eigenvalue weighted by molar-refractivity contribution is 0.349. The van der Waals surface area contributed by atoms with E-state index in [9.17, 15) is 10.5 Å². The molecule has 4 nitrogen and oxygen atoms in total. The van der Waals surface area contributed by atoms with E-state index < -0.39 is 5.41 Å². The van der Waals surface area contributed by atoms with Gasteiger partial charge in [0.25, 0.3) is 0 Å². The summed E-state index contributed by atoms with van der Waals surface area (Å²) < 4.78 is 11.4. The Balaban J connectivity index is 2.39. The van der Waals surface area contributed by atoms with Crippen LogP contribution >= 0.6 is 0 Å². The van der Waals surface area contributed by atoms with Crippen LogP contribution in [-0.2, 0) is 18.3 Å². The van der Waals surface area contributed by atoms with Gasteiger partial charge in [-0.3, -0.25) is 0 Å². The molecule has 19 heavy (non-hydrogen) atoms. The molecule has 0 saturated heterocycles. The second kappa shape index (κ2) is 3.90. The highest BCUT2D eigenvalue weighted by Gasteiger charge is 2.37. The first-order valence-electron chi connectivity index (χ1n) is 6.39. The molecule has 0 bridgehead atoms. The van der Waals surface area contributed by atoms with E-state index in [1.165, 1.54) is 0 Å². The molecule has 0 saturated carbocycles. The molecule has 0 atom stereocenters. The fraction of sp³-hybridized carbons (Fsp3) is 0.467. The molecule has 3 rings (SSSR count). The third-order valence-electron chi connectivity index (χ3n) is 3.82. The van der Waals surface area contributed by atoms with Gasteiger partial charge in [0.05, 0.1) is 24.7 Å². The van der Waals surface area contributed by atoms with Gasteiger partial charge >= 0.3 is 0 Å². The standard InChI is InChI=1S/C15H14N2O2/c1-15(2,8-17)12-10-4-6-18-13(10)11(7-16)9-3-5-19-14(9)12/h3-6H2,1-2H3. The summed E-state index contributed by atoms with van der Waals surface area (Å²) in [7, 11) is 0. The van der Waals surface area contributed by atoms with E-state index in [1.54, 1.807) is 0 Å². The number of ether oxygens (including phenoxy) is 2. The predicted molar refractivity (Wildman–Crippen MR) is 68.2 cm³/mol. The van der Waals surface area contributed by atoms with Gasteiger partial charge in [-0.25, -0.2) is 0 Å². The van der Waals surface area contributed by atoms with Crippen molar-refractivity contribution >= 4 is 0 Å². The first-order chi connectivity index (χ1) is 9.10. The van der Waals surface area contributed by atoms with E-state index in [0.717, 1.165) is 28.9 Å². The molecule has 0 aliphatic carbocycles. The molecule has 0 fully saturated rings. The highest BCUT2D eigenvalue weighted by molar-refractivity contribution is 5.68. The highest BCUT2D eigenvalue weighted by Crippen LogP contribution is 2.48. The fourth-order valence-corrected chi connectivity index (χ4v) is 2.94. The number of benzene rings is 1. The molecule has 0 spiro atoms. The quantitative estimate of drug-likeness (QED) is 0.770. The molecule has 2 heterocycles. The molecule has 0 aromatic heterocycles. The monoisotopic (exact) mass is 254 g/mol. The Morgan fingerprint density at radius 2 is 1.63 bits per heavy atom. The number of hydrogen-bond donors (Lipinski definition) is 0. The summed E-state index contributed by atoms with van der Waals surface area (Å²) in [5, 5.41) is 18.8. The molecule has 0 amide bonds. The fourth-order valence-electron chi connectivity index (χ4n) is 2.94. The van der Waals surface area contributed by atoms with Crippen molar-refractivity contribution in [1.29, 1.82) is 10.5 Å². The molecule has 4 heteroatoms. The Morgan fingerprint density at radius 3 is 2.26 bits per heavy atom. The lowest BCUT2D eigenvalue weighted by Crippen LogP contribution is -2.18. The summed E-state index contributed by atoms with van der Waals surface area (Å²) in [5.41, 5.74) is 2.75. The summed E-state index contributed by atoms with van der Waals surface area (Å²) in [6.07, 6.45) is 1.45. The van der Waals surface area contributed by atoms with Crippen molar-refractivity contribution < 1.29 is 9.47 Å². The van der Waals surface area contributed by atoms with Gasteiger partial charge in [-0.05, 0) is 13.8 Å². The molecular weight excluding hydrogens is 240 g/mol. The lowest BCUT2D eigenvalue weighted by Gasteiger charge is -2.23. The van der Waals surface area contributed by atoms with Gasteiger partial charge in [-0.2, -0.15) is 10.5 Å². The van der Waals surface area contributed by atoms with Crippen LogP contribution in [0.5, 0.6) is 11.5 Å². The average Bonchev–Trinajstić information content (AvgIpc) is 3.03. The van der Waals surface area contributed by atoms with E-state index >= 15 is 0 Å². The lowest BCUT2D eigenvalue weighted by atomic mass is 9.79. The van der Waals surface area contributed by atoms with Crippen LogP contribution in [0.1, 0.15) is 36.1 Å². The number of fused-ring (bicyclic) bond motifs is 2. The van der Waals surface area contributed by atoms with E-state index in [-0.39, 0.29) is 0 Å². The van der Waals surface area contributed by atoms with Crippen LogP contribution in [0.15, 0.2) is 0 Å². The number of hydrogen-bond acceptors (Lipinski definition) is 4. The maximum Gasteiger partial charge on any atom is 0.141 e. The maximum absolute atomic E-state index is 9.43. The first kappa shape index (κ1) is 11.9.